The zero-order chi connectivity index (χ0) is 15.5. The van der Waals surface area contributed by atoms with Crippen molar-refractivity contribution in [3.05, 3.63) is 40.4 Å². The summed E-state index contributed by atoms with van der Waals surface area (Å²) >= 11 is 7.49. The van der Waals surface area contributed by atoms with Crippen LogP contribution in [-0.4, -0.2) is 16.5 Å². The van der Waals surface area contributed by atoms with Crippen LogP contribution in [0.2, 0.25) is 5.02 Å². The lowest BCUT2D eigenvalue weighted by Gasteiger charge is -2.20. The zero-order valence-corrected chi connectivity index (χ0v) is 16.7. The highest BCUT2D eigenvalue weighted by molar-refractivity contribution is 14.0. The Kier molecular flexibility index (Phi) is 7.08. The van der Waals surface area contributed by atoms with E-state index in [1.54, 1.807) is 11.3 Å². The predicted molar refractivity (Wildman–Crippen MR) is 106 cm³/mol. The Morgan fingerprint density at radius 3 is 2.55 bits per heavy atom. The maximum absolute atomic E-state index is 5.89. The standard InChI is InChI=1S/C15H19ClN4S.HI/c1-15(2,3)20-14(17)19-9-12-8-18-13(21-12)10-4-6-11(16)7-5-10;/h4-8H,9H2,1-3H3,(H3,17,19,20);1H. The molecule has 0 aliphatic heterocycles. The van der Waals surface area contributed by atoms with Gasteiger partial charge in [0, 0.05) is 27.2 Å². The molecule has 0 spiro atoms. The van der Waals surface area contributed by atoms with E-state index in [1.807, 2.05) is 51.2 Å². The van der Waals surface area contributed by atoms with Gasteiger partial charge in [0.1, 0.15) is 5.01 Å². The van der Waals surface area contributed by atoms with Crippen LogP contribution in [0.25, 0.3) is 10.6 Å². The minimum absolute atomic E-state index is 0. The van der Waals surface area contributed by atoms with Gasteiger partial charge < -0.3 is 11.1 Å². The van der Waals surface area contributed by atoms with Crippen LogP contribution in [0.5, 0.6) is 0 Å². The third-order valence-corrected chi connectivity index (χ3v) is 3.84. The van der Waals surface area contributed by atoms with E-state index in [4.69, 9.17) is 17.3 Å². The van der Waals surface area contributed by atoms with Crippen molar-refractivity contribution in [1.29, 1.82) is 0 Å². The van der Waals surface area contributed by atoms with Gasteiger partial charge in [-0.3, -0.25) is 0 Å². The molecule has 0 saturated heterocycles. The number of nitrogens with two attached hydrogens (primary N) is 1. The molecule has 4 nitrogen and oxygen atoms in total. The van der Waals surface area contributed by atoms with Gasteiger partial charge in [-0.2, -0.15) is 0 Å². The maximum atomic E-state index is 5.89. The lowest BCUT2D eigenvalue weighted by Crippen LogP contribution is -2.44. The summed E-state index contributed by atoms with van der Waals surface area (Å²) in [4.78, 5) is 9.82. The van der Waals surface area contributed by atoms with Gasteiger partial charge in [0.25, 0.3) is 0 Å². The number of aromatic nitrogens is 1. The van der Waals surface area contributed by atoms with Gasteiger partial charge in [-0.05, 0) is 32.9 Å². The second kappa shape index (κ2) is 8.12. The number of rotatable bonds is 3. The van der Waals surface area contributed by atoms with Gasteiger partial charge in [0.15, 0.2) is 5.96 Å². The third kappa shape index (κ3) is 6.10. The van der Waals surface area contributed by atoms with Crippen molar-refractivity contribution in [3.8, 4) is 10.6 Å². The van der Waals surface area contributed by atoms with Crippen molar-refractivity contribution < 1.29 is 0 Å². The summed E-state index contributed by atoms with van der Waals surface area (Å²) in [6, 6.07) is 7.65. The number of guanidine groups is 1. The van der Waals surface area contributed by atoms with Crippen molar-refractivity contribution >= 4 is 52.9 Å². The fourth-order valence-electron chi connectivity index (χ4n) is 1.69. The number of thiazole rings is 1. The summed E-state index contributed by atoms with van der Waals surface area (Å²) in [7, 11) is 0. The molecule has 0 radical (unpaired) electrons. The van der Waals surface area contributed by atoms with Crippen molar-refractivity contribution in [2.45, 2.75) is 32.9 Å². The van der Waals surface area contributed by atoms with E-state index in [-0.39, 0.29) is 29.5 Å². The number of benzene rings is 1. The minimum Gasteiger partial charge on any atom is -0.370 e. The highest BCUT2D eigenvalue weighted by atomic mass is 127. The van der Waals surface area contributed by atoms with E-state index in [0.717, 1.165) is 20.5 Å². The summed E-state index contributed by atoms with van der Waals surface area (Å²) < 4.78 is 0. The molecule has 2 rings (SSSR count). The largest absolute Gasteiger partial charge is 0.370 e. The first-order chi connectivity index (χ1) is 9.83. The summed E-state index contributed by atoms with van der Waals surface area (Å²) in [5, 5.41) is 4.81. The second-order valence-electron chi connectivity index (χ2n) is 5.72. The van der Waals surface area contributed by atoms with Crippen LogP contribution in [0.1, 0.15) is 25.6 Å². The lowest BCUT2D eigenvalue weighted by atomic mass is 10.1. The molecule has 0 atom stereocenters. The maximum Gasteiger partial charge on any atom is 0.189 e. The molecule has 0 aliphatic carbocycles. The fraction of sp³-hybridized carbons (Fsp3) is 0.333. The first kappa shape index (κ1) is 19.2. The Bertz CT molecular complexity index is 632. The Labute approximate surface area is 157 Å². The Hall–Kier alpha value is -0.860. The van der Waals surface area contributed by atoms with Gasteiger partial charge in [0.05, 0.1) is 6.54 Å². The van der Waals surface area contributed by atoms with Gasteiger partial charge in [-0.25, -0.2) is 9.98 Å². The molecule has 0 aliphatic rings. The van der Waals surface area contributed by atoms with Gasteiger partial charge >= 0.3 is 0 Å². The normalized spacial score (nSPS) is 11.9. The van der Waals surface area contributed by atoms with Crippen molar-refractivity contribution in [2.75, 3.05) is 0 Å². The van der Waals surface area contributed by atoms with E-state index in [9.17, 15) is 0 Å². The molecule has 0 amide bonds. The fourth-order valence-corrected chi connectivity index (χ4v) is 2.66. The monoisotopic (exact) mass is 450 g/mol. The van der Waals surface area contributed by atoms with E-state index >= 15 is 0 Å². The van der Waals surface area contributed by atoms with E-state index in [1.165, 1.54) is 0 Å². The summed E-state index contributed by atoms with van der Waals surface area (Å²) in [5.74, 6) is 0.448. The van der Waals surface area contributed by atoms with Crippen LogP contribution in [-0.2, 0) is 6.54 Å². The summed E-state index contributed by atoms with van der Waals surface area (Å²) in [6.07, 6.45) is 1.84. The molecule has 1 aromatic heterocycles. The number of nitrogens with one attached hydrogen (secondary N) is 1. The van der Waals surface area contributed by atoms with Gasteiger partial charge in [-0.15, -0.1) is 35.3 Å². The molecule has 0 saturated carbocycles. The molecule has 7 heteroatoms. The molecular formula is C15H20ClIN4S. The molecule has 22 heavy (non-hydrogen) atoms. The van der Waals surface area contributed by atoms with Crippen LogP contribution in [0.3, 0.4) is 0 Å². The first-order valence-corrected chi connectivity index (χ1v) is 7.82. The smallest absolute Gasteiger partial charge is 0.189 e. The quantitative estimate of drug-likeness (QED) is 0.417. The lowest BCUT2D eigenvalue weighted by molar-refractivity contribution is 0.508. The second-order valence-corrected chi connectivity index (χ2v) is 7.27. The van der Waals surface area contributed by atoms with Crippen molar-refractivity contribution in [3.63, 3.8) is 0 Å². The average Bonchev–Trinajstić information content (AvgIpc) is 2.84. The van der Waals surface area contributed by atoms with Crippen molar-refractivity contribution in [2.24, 2.45) is 10.7 Å². The summed E-state index contributed by atoms with van der Waals surface area (Å²) in [6.45, 7) is 6.66. The highest BCUT2D eigenvalue weighted by Gasteiger charge is 2.10. The number of nitrogens with zero attached hydrogens (tertiary/aromatic N) is 2. The number of aliphatic imine (C=N–C) groups is 1. The Morgan fingerprint density at radius 1 is 1.32 bits per heavy atom. The van der Waals surface area contributed by atoms with Crippen LogP contribution in [0.4, 0.5) is 0 Å². The molecule has 3 N–H and O–H groups in total. The Morgan fingerprint density at radius 2 is 1.95 bits per heavy atom. The molecule has 1 aromatic carbocycles. The molecule has 1 heterocycles. The highest BCUT2D eigenvalue weighted by Crippen LogP contribution is 2.26. The number of hydrogen-bond donors (Lipinski definition) is 2. The van der Waals surface area contributed by atoms with Gasteiger partial charge in [-0.1, -0.05) is 23.7 Å². The molecule has 2 aromatic rings. The van der Waals surface area contributed by atoms with Crippen LogP contribution < -0.4 is 11.1 Å². The first-order valence-electron chi connectivity index (χ1n) is 6.62. The van der Waals surface area contributed by atoms with E-state index < -0.39 is 0 Å². The van der Waals surface area contributed by atoms with Crippen molar-refractivity contribution in [1.82, 2.24) is 10.3 Å². The van der Waals surface area contributed by atoms with E-state index in [0.29, 0.717) is 12.5 Å². The molecule has 120 valence electrons. The van der Waals surface area contributed by atoms with Crippen LogP contribution in [0, 0.1) is 0 Å². The predicted octanol–water partition coefficient (Wildman–Crippen LogP) is 4.28. The molecule has 0 unspecified atom stereocenters. The number of hydrogen-bond acceptors (Lipinski definition) is 3. The van der Waals surface area contributed by atoms with E-state index in [2.05, 4.69) is 15.3 Å². The molecule has 0 bridgehead atoms. The third-order valence-electron chi connectivity index (χ3n) is 2.55. The van der Waals surface area contributed by atoms with Crippen LogP contribution in [0.15, 0.2) is 35.5 Å². The SMILES string of the molecule is CC(C)(C)NC(N)=NCc1cnc(-c2ccc(Cl)cc2)s1.I. The Balaban J connectivity index is 0.00000242. The summed E-state index contributed by atoms with van der Waals surface area (Å²) in [5.41, 5.74) is 6.82. The molecule has 0 fully saturated rings. The zero-order valence-electron chi connectivity index (χ0n) is 12.8. The van der Waals surface area contributed by atoms with Crippen LogP contribution >= 0.6 is 46.9 Å². The number of halogens is 2. The minimum atomic E-state index is -0.0875. The average molecular weight is 451 g/mol. The van der Waals surface area contributed by atoms with Gasteiger partial charge in [0.2, 0.25) is 0 Å². The topological polar surface area (TPSA) is 63.3 Å². The molecular weight excluding hydrogens is 431 g/mol.